The van der Waals surface area contributed by atoms with Crippen molar-refractivity contribution in [2.45, 2.75) is 18.4 Å². The number of nitrogens with zero attached hydrogens (tertiary/aromatic N) is 2. The third-order valence-corrected chi connectivity index (χ3v) is 5.98. The summed E-state index contributed by atoms with van der Waals surface area (Å²) < 4.78 is 18.7. The first kappa shape index (κ1) is 25.4. The van der Waals surface area contributed by atoms with Gasteiger partial charge in [-0.2, -0.15) is 0 Å². The van der Waals surface area contributed by atoms with Crippen molar-refractivity contribution in [3.8, 4) is 16.9 Å². The van der Waals surface area contributed by atoms with Crippen LogP contribution in [-0.2, 0) is 4.79 Å². The minimum atomic E-state index is -0.305. The number of likely N-dealkylation sites (N-methyl/N-ethyl adjacent to an activating group) is 1. The summed E-state index contributed by atoms with van der Waals surface area (Å²) in [6.07, 6.45) is 1.05. The van der Waals surface area contributed by atoms with Crippen LogP contribution in [-0.4, -0.2) is 68.6 Å². The van der Waals surface area contributed by atoms with E-state index in [1.54, 1.807) is 13.2 Å². The molecular formula is C23H30Cl2FN3O2. The third-order valence-electron chi connectivity index (χ3n) is 5.98. The molecule has 1 saturated carbocycles. The largest absolute Gasteiger partial charge is 0.496 e. The first-order valence-corrected chi connectivity index (χ1v) is 10.2. The van der Waals surface area contributed by atoms with Crippen molar-refractivity contribution < 1.29 is 13.9 Å². The Morgan fingerprint density at radius 3 is 2.42 bits per heavy atom. The average molecular weight is 470 g/mol. The Hall–Kier alpha value is -1.86. The predicted octanol–water partition coefficient (Wildman–Crippen LogP) is 3.56. The van der Waals surface area contributed by atoms with E-state index in [2.05, 4.69) is 41.5 Å². The first-order chi connectivity index (χ1) is 14.0. The monoisotopic (exact) mass is 469 g/mol. The molecule has 0 bridgehead atoms. The molecule has 2 aromatic rings. The highest BCUT2D eigenvalue weighted by Gasteiger charge is 2.38. The number of piperazine rings is 1. The Bertz CT molecular complexity index is 874. The number of benzene rings is 2. The standard InChI is InChI=1S/C23H28FN3O2.2ClH/c1-26-9-11-27(12-10-26)23(28)15-25-21-14-20(21)17-5-3-16(4-6-17)19-8-7-18(24)13-22(19)29-2;;/h3-8,13,20-21,25H,9-12,14-15H2,1-2H3;2*1H/t20?,21-;;/m0../s1. The molecule has 1 saturated heterocycles. The van der Waals surface area contributed by atoms with Crippen molar-refractivity contribution >= 4 is 30.7 Å². The summed E-state index contributed by atoms with van der Waals surface area (Å²) in [5.41, 5.74) is 3.14. The van der Waals surface area contributed by atoms with Crippen LogP contribution in [0.25, 0.3) is 11.1 Å². The summed E-state index contributed by atoms with van der Waals surface area (Å²) in [5, 5.41) is 3.42. The summed E-state index contributed by atoms with van der Waals surface area (Å²) in [7, 11) is 3.64. The first-order valence-electron chi connectivity index (χ1n) is 10.2. The molecule has 2 aromatic carbocycles. The van der Waals surface area contributed by atoms with Crippen molar-refractivity contribution in [3.05, 3.63) is 53.8 Å². The van der Waals surface area contributed by atoms with Crippen LogP contribution in [0.3, 0.4) is 0 Å². The molecule has 8 heteroatoms. The van der Waals surface area contributed by atoms with E-state index < -0.39 is 0 Å². The Labute approximate surface area is 195 Å². The fourth-order valence-electron chi connectivity index (χ4n) is 3.99. The smallest absolute Gasteiger partial charge is 0.236 e. The van der Waals surface area contributed by atoms with Gasteiger partial charge in [0.05, 0.1) is 13.7 Å². The number of hydrogen-bond acceptors (Lipinski definition) is 4. The van der Waals surface area contributed by atoms with Gasteiger partial charge in [0.25, 0.3) is 0 Å². The molecular weight excluding hydrogens is 440 g/mol. The van der Waals surface area contributed by atoms with Gasteiger partial charge < -0.3 is 19.9 Å². The van der Waals surface area contributed by atoms with Gasteiger partial charge in [0.1, 0.15) is 11.6 Å². The summed E-state index contributed by atoms with van der Waals surface area (Å²) >= 11 is 0. The van der Waals surface area contributed by atoms with Crippen molar-refractivity contribution in [1.29, 1.82) is 0 Å². The number of ether oxygens (including phenoxy) is 1. The summed E-state index contributed by atoms with van der Waals surface area (Å²) in [6.45, 7) is 3.94. The third kappa shape index (κ3) is 6.10. The molecule has 5 nitrogen and oxygen atoms in total. The molecule has 1 aliphatic carbocycles. The number of amides is 1. The maximum Gasteiger partial charge on any atom is 0.236 e. The van der Waals surface area contributed by atoms with Crippen LogP contribution in [0.15, 0.2) is 42.5 Å². The highest BCUT2D eigenvalue weighted by molar-refractivity contribution is 5.85. The van der Waals surface area contributed by atoms with Crippen molar-refractivity contribution in [2.75, 3.05) is 46.9 Å². The van der Waals surface area contributed by atoms with Gasteiger partial charge >= 0.3 is 0 Å². The summed E-state index contributed by atoms with van der Waals surface area (Å²) in [5.74, 6) is 0.869. The highest BCUT2D eigenvalue weighted by Crippen LogP contribution is 2.41. The lowest BCUT2D eigenvalue weighted by Gasteiger charge is -2.32. The van der Waals surface area contributed by atoms with Crippen molar-refractivity contribution in [2.24, 2.45) is 0 Å². The molecule has 1 amide bonds. The van der Waals surface area contributed by atoms with E-state index in [9.17, 15) is 9.18 Å². The van der Waals surface area contributed by atoms with E-state index in [-0.39, 0.29) is 36.5 Å². The molecule has 2 fully saturated rings. The Balaban J connectivity index is 0.00000171. The Morgan fingerprint density at radius 1 is 1.10 bits per heavy atom. The van der Waals surface area contributed by atoms with Gasteiger partial charge in [0.2, 0.25) is 5.91 Å². The molecule has 4 rings (SSSR count). The zero-order valence-corrected chi connectivity index (χ0v) is 19.5. The fraction of sp³-hybridized carbons (Fsp3) is 0.435. The minimum Gasteiger partial charge on any atom is -0.496 e. The lowest BCUT2D eigenvalue weighted by atomic mass is 10.0. The molecule has 0 radical (unpaired) electrons. The topological polar surface area (TPSA) is 44.8 Å². The maximum absolute atomic E-state index is 13.4. The number of rotatable bonds is 6. The van der Waals surface area contributed by atoms with Crippen LogP contribution >= 0.6 is 24.8 Å². The molecule has 1 N–H and O–H groups in total. The number of hydrogen-bond donors (Lipinski definition) is 1. The molecule has 170 valence electrons. The van der Waals surface area contributed by atoms with Gasteiger partial charge in [-0.05, 0) is 36.7 Å². The lowest BCUT2D eigenvalue weighted by molar-refractivity contribution is -0.131. The normalized spacial score (nSPS) is 20.4. The van der Waals surface area contributed by atoms with Gasteiger partial charge in [0.15, 0.2) is 0 Å². The van der Waals surface area contributed by atoms with Crippen LogP contribution in [0.4, 0.5) is 4.39 Å². The molecule has 0 aromatic heterocycles. The second kappa shape index (κ2) is 11.1. The lowest BCUT2D eigenvalue weighted by Crippen LogP contribution is -2.49. The van der Waals surface area contributed by atoms with Gasteiger partial charge in [-0.25, -0.2) is 4.39 Å². The number of methoxy groups -OCH3 is 1. The SMILES string of the molecule is COc1cc(F)ccc1-c1ccc(C2C[C@@H]2NCC(=O)N2CCN(C)CC2)cc1.Cl.Cl. The zero-order chi connectivity index (χ0) is 20.4. The molecule has 2 atom stereocenters. The Morgan fingerprint density at radius 2 is 1.77 bits per heavy atom. The van der Waals surface area contributed by atoms with E-state index in [1.807, 2.05) is 4.90 Å². The summed E-state index contributed by atoms with van der Waals surface area (Å²) in [6, 6.07) is 13.3. The molecule has 1 heterocycles. The van der Waals surface area contributed by atoms with E-state index >= 15 is 0 Å². The van der Waals surface area contributed by atoms with Gasteiger partial charge in [0, 0.05) is 49.8 Å². The van der Waals surface area contributed by atoms with E-state index in [1.165, 1.54) is 17.7 Å². The maximum atomic E-state index is 13.4. The second-order valence-electron chi connectivity index (χ2n) is 7.98. The number of carbonyl (C=O) groups is 1. The number of carbonyl (C=O) groups excluding carboxylic acids is 1. The van der Waals surface area contributed by atoms with Crippen molar-refractivity contribution in [1.82, 2.24) is 15.1 Å². The number of nitrogens with one attached hydrogen (secondary N) is 1. The van der Waals surface area contributed by atoms with Gasteiger partial charge in [-0.1, -0.05) is 24.3 Å². The van der Waals surface area contributed by atoms with E-state index in [0.29, 0.717) is 24.3 Å². The zero-order valence-electron chi connectivity index (χ0n) is 17.8. The van der Waals surface area contributed by atoms with E-state index in [4.69, 9.17) is 4.74 Å². The highest BCUT2D eigenvalue weighted by atomic mass is 35.5. The van der Waals surface area contributed by atoms with Crippen LogP contribution in [0.2, 0.25) is 0 Å². The van der Waals surface area contributed by atoms with Gasteiger partial charge in [-0.15, -0.1) is 24.8 Å². The predicted molar refractivity (Wildman–Crippen MR) is 126 cm³/mol. The summed E-state index contributed by atoms with van der Waals surface area (Å²) in [4.78, 5) is 16.6. The molecule has 1 aliphatic heterocycles. The van der Waals surface area contributed by atoms with Crippen molar-refractivity contribution in [3.63, 3.8) is 0 Å². The molecule has 31 heavy (non-hydrogen) atoms. The minimum absolute atomic E-state index is 0. The van der Waals surface area contributed by atoms with E-state index in [0.717, 1.165) is 43.7 Å². The second-order valence-corrected chi connectivity index (χ2v) is 7.98. The van der Waals surface area contributed by atoms with Crippen LogP contribution in [0, 0.1) is 5.82 Å². The quantitative estimate of drug-likeness (QED) is 0.702. The molecule has 2 aliphatic rings. The molecule has 1 unspecified atom stereocenters. The average Bonchev–Trinajstić information content (AvgIpc) is 3.52. The van der Waals surface area contributed by atoms with Gasteiger partial charge in [-0.3, -0.25) is 4.79 Å². The van der Waals surface area contributed by atoms with Crippen LogP contribution < -0.4 is 10.1 Å². The van der Waals surface area contributed by atoms with Crippen LogP contribution in [0.1, 0.15) is 17.9 Å². The molecule has 0 spiro atoms. The number of halogens is 3. The van der Waals surface area contributed by atoms with Crippen LogP contribution in [0.5, 0.6) is 5.75 Å². The Kier molecular flexibility index (Phi) is 9.13. The fourth-order valence-corrected chi connectivity index (χ4v) is 3.99.